The highest BCUT2D eigenvalue weighted by Crippen LogP contribution is 2.23. The molecule has 1 aromatic rings. The molecule has 1 aliphatic rings. The topological polar surface area (TPSA) is 53.9 Å². The van der Waals surface area contributed by atoms with Crippen LogP contribution < -0.4 is 10.2 Å². The zero-order valence-electron chi connectivity index (χ0n) is 11.7. The lowest BCUT2D eigenvalue weighted by Gasteiger charge is -2.32. The summed E-state index contributed by atoms with van der Waals surface area (Å²) in [7, 11) is 0. The summed E-state index contributed by atoms with van der Waals surface area (Å²) in [5, 5.41) is 3.43. The molecular weight excluding hydrogens is 262 g/mol. The summed E-state index contributed by atoms with van der Waals surface area (Å²) in [5.41, 5.74) is 0. The number of halogens is 1. The second-order valence-corrected chi connectivity index (χ2v) is 5.36. The molecule has 2 heterocycles. The summed E-state index contributed by atoms with van der Waals surface area (Å²) in [6.07, 6.45) is 4.73. The van der Waals surface area contributed by atoms with Gasteiger partial charge in [-0.1, -0.05) is 20.3 Å². The molecule has 1 aliphatic heterocycles. The summed E-state index contributed by atoms with van der Waals surface area (Å²) in [6.45, 7) is 7.21. The molecule has 6 heteroatoms. The van der Waals surface area contributed by atoms with Gasteiger partial charge >= 0.3 is 0 Å². The standard InChI is InChI=1S/C13H22ClN5/c1-3-7-15-12-16-11(14)17-13(18-12)19-8-5-6-10(4-2)9-19/h10H,3-9H2,1-2H3,(H,15,16,17,18). The molecule has 1 atom stereocenters. The van der Waals surface area contributed by atoms with Gasteiger partial charge in [-0.25, -0.2) is 0 Å². The van der Waals surface area contributed by atoms with Crippen molar-refractivity contribution < 1.29 is 0 Å². The fourth-order valence-corrected chi connectivity index (χ4v) is 2.53. The largest absolute Gasteiger partial charge is 0.354 e. The Balaban J connectivity index is 2.11. The van der Waals surface area contributed by atoms with Gasteiger partial charge in [0.25, 0.3) is 0 Å². The van der Waals surface area contributed by atoms with Crippen molar-refractivity contribution in [3.05, 3.63) is 5.28 Å². The van der Waals surface area contributed by atoms with E-state index in [2.05, 4.69) is 39.0 Å². The van der Waals surface area contributed by atoms with Crippen molar-refractivity contribution in [2.24, 2.45) is 5.92 Å². The van der Waals surface area contributed by atoms with Gasteiger partial charge in [-0.05, 0) is 36.8 Å². The van der Waals surface area contributed by atoms with Crippen LogP contribution in [-0.2, 0) is 0 Å². The van der Waals surface area contributed by atoms with Crippen LogP contribution in [0.15, 0.2) is 0 Å². The fraction of sp³-hybridized carbons (Fsp3) is 0.769. The minimum absolute atomic E-state index is 0.266. The van der Waals surface area contributed by atoms with Crippen molar-refractivity contribution in [2.45, 2.75) is 39.5 Å². The Morgan fingerprint density at radius 3 is 2.89 bits per heavy atom. The van der Waals surface area contributed by atoms with E-state index in [9.17, 15) is 0 Å². The predicted octanol–water partition coefficient (Wildman–Crippen LogP) is 2.97. The lowest BCUT2D eigenvalue weighted by Crippen LogP contribution is -2.36. The van der Waals surface area contributed by atoms with E-state index in [0.29, 0.717) is 11.9 Å². The highest BCUT2D eigenvalue weighted by atomic mass is 35.5. The number of hydrogen-bond donors (Lipinski definition) is 1. The van der Waals surface area contributed by atoms with Crippen LogP contribution in [0.5, 0.6) is 0 Å². The van der Waals surface area contributed by atoms with Gasteiger partial charge in [0.15, 0.2) is 0 Å². The molecular formula is C13H22ClN5. The fourth-order valence-electron chi connectivity index (χ4n) is 2.38. The quantitative estimate of drug-likeness (QED) is 0.900. The van der Waals surface area contributed by atoms with Gasteiger partial charge in [0, 0.05) is 19.6 Å². The molecule has 1 fully saturated rings. The number of aromatic nitrogens is 3. The molecule has 0 aromatic carbocycles. The Hall–Kier alpha value is -1.10. The molecule has 0 bridgehead atoms. The van der Waals surface area contributed by atoms with Crippen molar-refractivity contribution in [2.75, 3.05) is 29.9 Å². The van der Waals surface area contributed by atoms with E-state index in [-0.39, 0.29) is 5.28 Å². The first-order valence-electron chi connectivity index (χ1n) is 7.13. The Bertz CT molecular complexity index is 412. The number of nitrogens with zero attached hydrogens (tertiary/aromatic N) is 4. The van der Waals surface area contributed by atoms with Gasteiger partial charge < -0.3 is 10.2 Å². The SMILES string of the molecule is CCCNc1nc(Cl)nc(N2CCCC(CC)C2)n1. The summed E-state index contributed by atoms with van der Waals surface area (Å²) >= 11 is 5.99. The minimum atomic E-state index is 0.266. The molecule has 106 valence electrons. The van der Waals surface area contributed by atoms with Crippen molar-refractivity contribution in [3.63, 3.8) is 0 Å². The lowest BCUT2D eigenvalue weighted by molar-refractivity contribution is 0.401. The third-order valence-corrected chi connectivity index (χ3v) is 3.68. The van der Waals surface area contributed by atoms with Crippen LogP contribution in [0.2, 0.25) is 5.28 Å². The summed E-state index contributed by atoms with van der Waals surface area (Å²) in [6, 6.07) is 0. The van der Waals surface area contributed by atoms with Gasteiger partial charge in [-0.15, -0.1) is 0 Å². The molecule has 2 rings (SSSR count). The van der Waals surface area contributed by atoms with Gasteiger partial charge in [0.2, 0.25) is 17.2 Å². The van der Waals surface area contributed by atoms with Crippen LogP contribution in [0.25, 0.3) is 0 Å². The smallest absolute Gasteiger partial charge is 0.231 e. The van der Waals surface area contributed by atoms with E-state index < -0.39 is 0 Å². The van der Waals surface area contributed by atoms with Crippen molar-refractivity contribution >= 4 is 23.5 Å². The second kappa shape index (κ2) is 6.89. The summed E-state index contributed by atoms with van der Waals surface area (Å²) in [5.74, 6) is 2.02. The number of anilines is 2. The molecule has 1 saturated heterocycles. The Labute approximate surface area is 119 Å². The van der Waals surface area contributed by atoms with Gasteiger partial charge in [-0.3, -0.25) is 0 Å². The van der Waals surface area contributed by atoms with E-state index in [1.807, 2.05) is 0 Å². The van der Waals surface area contributed by atoms with Crippen molar-refractivity contribution in [3.8, 4) is 0 Å². The van der Waals surface area contributed by atoms with Crippen LogP contribution in [-0.4, -0.2) is 34.6 Å². The highest BCUT2D eigenvalue weighted by molar-refractivity contribution is 6.28. The average Bonchev–Trinajstić information content (AvgIpc) is 2.44. The number of hydrogen-bond acceptors (Lipinski definition) is 5. The van der Waals surface area contributed by atoms with E-state index in [4.69, 9.17) is 11.6 Å². The number of rotatable bonds is 5. The normalized spacial score (nSPS) is 19.5. The molecule has 1 aromatic heterocycles. The van der Waals surface area contributed by atoms with Gasteiger partial charge in [-0.2, -0.15) is 15.0 Å². The van der Waals surface area contributed by atoms with Crippen LogP contribution in [0.1, 0.15) is 39.5 Å². The highest BCUT2D eigenvalue weighted by Gasteiger charge is 2.21. The molecule has 5 nitrogen and oxygen atoms in total. The third-order valence-electron chi connectivity index (χ3n) is 3.51. The number of piperidine rings is 1. The third kappa shape index (κ3) is 3.93. The van der Waals surface area contributed by atoms with Crippen LogP contribution in [0, 0.1) is 5.92 Å². The molecule has 0 aliphatic carbocycles. The Morgan fingerprint density at radius 2 is 2.16 bits per heavy atom. The molecule has 0 saturated carbocycles. The molecule has 19 heavy (non-hydrogen) atoms. The van der Waals surface area contributed by atoms with E-state index >= 15 is 0 Å². The van der Waals surface area contributed by atoms with E-state index in [1.165, 1.54) is 19.3 Å². The molecule has 0 radical (unpaired) electrons. The van der Waals surface area contributed by atoms with Crippen LogP contribution in [0.3, 0.4) is 0 Å². The summed E-state index contributed by atoms with van der Waals surface area (Å²) < 4.78 is 0. The molecule has 0 spiro atoms. The van der Waals surface area contributed by atoms with Gasteiger partial charge in [0.1, 0.15) is 0 Å². The van der Waals surface area contributed by atoms with E-state index in [1.54, 1.807) is 0 Å². The Kier molecular flexibility index (Phi) is 5.19. The molecule has 1 unspecified atom stereocenters. The average molecular weight is 284 g/mol. The minimum Gasteiger partial charge on any atom is -0.354 e. The first-order valence-corrected chi connectivity index (χ1v) is 7.51. The maximum absolute atomic E-state index is 5.99. The van der Waals surface area contributed by atoms with Crippen LogP contribution >= 0.6 is 11.6 Å². The monoisotopic (exact) mass is 283 g/mol. The number of nitrogens with one attached hydrogen (secondary N) is 1. The molecule has 0 amide bonds. The zero-order chi connectivity index (χ0) is 13.7. The maximum Gasteiger partial charge on any atom is 0.231 e. The van der Waals surface area contributed by atoms with Crippen molar-refractivity contribution in [1.29, 1.82) is 0 Å². The Morgan fingerprint density at radius 1 is 1.32 bits per heavy atom. The predicted molar refractivity (Wildman–Crippen MR) is 78.8 cm³/mol. The second-order valence-electron chi connectivity index (χ2n) is 5.02. The molecule has 1 N–H and O–H groups in total. The summed E-state index contributed by atoms with van der Waals surface area (Å²) in [4.78, 5) is 15.1. The lowest BCUT2D eigenvalue weighted by atomic mass is 9.96. The zero-order valence-corrected chi connectivity index (χ0v) is 12.4. The maximum atomic E-state index is 5.99. The van der Waals surface area contributed by atoms with Crippen molar-refractivity contribution in [1.82, 2.24) is 15.0 Å². The van der Waals surface area contributed by atoms with Gasteiger partial charge in [0.05, 0.1) is 0 Å². The van der Waals surface area contributed by atoms with E-state index in [0.717, 1.165) is 32.0 Å². The first kappa shape index (κ1) is 14.3. The first-order chi connectivity index (χ1) is 9.22. The van der Waals surface area contributed by atoms with Crippen LogP contribution in [0.4, 0.5) is 11.9 Å².